The van der Waals surface area contributed by atoms with Gasteiger partial charge in [0.05, 0.1) is 6.20 Å². The summed E-state index contributed by atoms with van der Waals surface area (Å²) in [6.45, 7) is 3.53. The zero-order chi connectivity index (χ0) is 18.0. The molecular weight excluding hydrogens is 320 g/mol. The van der Waals surface area contributed by atoms with Crippen LogP contribution >= 0.6 is 0 Å². The van der Waals surface area contributed by atoms with Gasteiger partial charge in [-0.1, -0.05) is 30.3 Å². The van der Waals surface area contributed by atoms with Crippen molar-refractivity contribution in [3.8, 4) is 0 Å². The normalized spacial score (nSPS) is 10.8. The molecular formula is C18H18N4O3. The SMILES string of the molecule is Cc1cc(C)n2ncc(C(=O)N(CC(=O)O)Cc3ccccc3)c2n1. The first-order valence-electron chi connectivity index (χ1n) is 7.82. The Morgan fingerprint density at radius 1 is 1.20 bits per heavy atom. The van der Waals surface area contributed by atoms with Crippen molar-refractivity contribution in [2.75, 3.05) is 6.54 Å². The van der Waals surface area contributed by atoms with Crippen molar-refractivity contribution in [2.45, 2.75) is 20.4 Å². The molecule has 1 aromatic carbocycles. The average molecular weight is 338 g/mol. The molecule has 0 bridgehead atoms. The van der Waals surface area contributed by atoms with E-state index in [0.29, 0.717) is 11.2 Å². The van der Waals surface area contributed by atoms with Gasteiger partial charge in [0.1, 0.15) is 12.1 Å². The lowest BCUT2D eigenvalue weighted by molar-refractivity contribution is -0.137. The summed E-state index contributed by atoms with van der Waals surface area (Å²) in [4.78, 5) is 29.8. The topological polar surface area (TPSA) is 87.8 Å². The lowest BCUT2D eigenvalue weighted by atomic mass is 10.2. The highest BCUT2D eigenvalue weighted by molar-refractivity contribution is 6.00. The summed E-state index contributed by atoms with van der Waals surface area (Å²) in [5, 5.41) is 13.4. The standard InChI is InChI=1S/C18H18N4O3/c1-12-8-13(2)22-17(20-12)15(9-19-22)18(25)21(11-16(23)24)10-14-6-4-3-5-7-14/h3-9H,10-11H2,1-2H3,(H,23,24). The van der Waals surface area contributed by atoms with Gasteiger partial charge < -0.3 is 10.0 Å². The van der Waals surface area contributed by atoms with Crippen LogP contribution in [0.15, 0.2) is 42.6 Å². The van der Waals surface area contributed by atoms with E-state index in [1.165, 1.54) is 11.1 Å². The summed E-state index contributed by atoms with van der Waals surface area (Å²) in [5.41, 5.74) is 3.21. The van der Waals surface area contributed by atoms with Crippen molar-refractivity contribution in [1.82, 2.24) is 19.5 Å². The zero-order valence-electron chi connectivity index (χ0n) is 14.0. The number of nitrogens with zero attached hydrogens (tertiary/aromatic N) is 4. The Balaban J connectivity index is 1.98. The summed E-state index contributed by atoms with van der Waals surface area (Å²) in [5.74, 6) is -1.47. The number of carboxylic acid groups (broad SMARTS) is 1. The summed E-state index contributed by atoms with van der Waals surface area (Å²) < 4.78 is 1.59. The molecule has 2 aromatic heterocycles. The van der Waals surface area contributed by atoms with Gasteiger partial charge >= 0.3 is 5.97 Å². The number of hydrogen-bond acceptors (Lipinski definition) is 4. The van der Waals surface area contributed by atoms with Crippen molar-refractivity contribution in [3.05, 3.63) is 65.1 Å². The van der Waals surface area contributed by atoms with Crippen LogP contribution in [-0.2, 0) is 11.3 Å². The summed E-state index contributed by atoms with van der Waals surface area (Å²) >= 11 is 0. The average Bonchev–Trinajstić information content (AvgIpc) is 2.98. The van der Waals surface area contributed by atoms with E-state index >= 15 is 0 Å². The number of carbonyl (C=O) groups excluding carboxylic acids is 1. The molecule has 7 nitrogen and oxygen atoms in total. The van der Waals surface area contributed by atoms with Crippen molar-refractivity contribution < 1.29 is 14.7 Å². The molecule has 1 amide bonds. The third-order valence-corrected chi connectivity index (χ3v) is 3.84. The highest BCUT2D eigenvalue weighted by atomic mass is 16.4. The van der Waals surface area contributed by atoms with Crippen LogP contribution in [0.3, 0.4) is 0 Å². The number of aryl methyl sites for hydroxylation is 2. The Kier molecular flexibility index (Phi) is 4.47. The number of hydrogen-bond donors (Lipinski definition) is 1. The van der Waals surface area contributed by atoms with E-state index in [1.807, 2.05) is 50.2 Å². The fourth-order valence-electron chi connectivity index (χ4n) is 2.76. The van der Waals surface area contributed by atoms with Gasteiger partial charge in [-0.25, -0.2) is 9.50 Å². The van der Waals surface area contributed by atoms with E-state index in [4.69, 9.17) is 0 Å². The number of carbonyl (C=O) groups is 2. The Labute approximate surface area is 144 Å². The van der Waals surface area contributed by atoms with Crippen LogP contribution in [-0.4, -0.2) is 43.0 Å². The van der Waals surface area contributed by atoms with Crippen LogP contribution < -0.4 is 0 Å². The van der Waals surface area contributed by atoms with Crippen LogP contribution in [0.2, 0.25) is 0 Å². The second kappa shape index (κ2) is 6.72. The number of benzene rings is 1. The molecule has 3 aromatic rings. The molecule has 0 unspecified atom stereocenters. The van der Waals surface area contributed by atoms with Gasteiger partial charge in [0.2, 0.25) is 0 Å². The van der Waals surface area contributed by atoms with Gasteiger partial charge in [0, 0.05) is 17.9 Å². The molecule has 128 valence electrons. The fraction of sp³-hybridized carbons (Fsp3) is 0.222. The van der Waals surface area contributed by atoms with Crippen LogP contribution in [0, 0.1) is 13.8 Å². The summed E-state index contributed by atoms with van der Waals surface area (Å²) in [6.07, 6.45) is 1.44. The highest BCUT2D eigenvalue weighted by Gasteiger charge is 2.23. The van der Waals surface area contributed by atoms with Crippen molar-refractivity contribution in [2.24, 2.45) is 0 Å². The highest BCUT2D eigenvalue weighted by Crippen LogP contribution is 2.16. The van der Waals surface area contributed by atoms with Gasteiger partial charge in [0.15, 0.2) is 5.65 Å². The van der Waals surface area contributed by atoms with Crippen LogP contribution in [0.5, 0.6) is 0 Å². The lowest BCUT2D eigenvalue weighted by Crippen LogP contribution is -2.35. The van der Waals surface area contributed by atoms with Gasteiger partial charge in [-0.05, 0) is 25.5 Å². The molecule has 2 heterocycles. The second-order valence-electron chi connectivity index (χ2n) is 5.87. The molecule has 0 atom stereocenters. The molecule has 0 aliphatic heterocycles. The van der Waals surface area contributed by atoms with Gasteiger partial charge in [0.25, 0.3) is 5.91 Å². The van der Waals surface area contributed by atoms with Crippen LogP contribution in [0.4, 0.5) is 0 Å². The molecule has 25 heavy (non-hydrogen) atoms. The number of fused-ring (bicyclic) bond motifs is 1. The first-order chi connectivity index (χ1) is 12.0. The molecule has 7 heteroatoms. The Hall–Kier alpha value is -3.22. The number of carboxylic acids is 1. The van der Waals surface area contributed by atoms with E-state index < -0.39 is 18.4 Å². The summed E-state index contributed by atoms with van der Waals surface area (Å²) in [7, 11) is 0. The van der Waals surface area contributed by atoms with Gasteiger partial charge in [-0.15, -0.1) is 0 Å². The quantitative estimate of drug-likeness (QED) is 0.769. The molecule has 0 aliphatic carbocycles. The van der Waals surface area contributed by atoms with Crippen molar-refractivity contribution in [1.29, 1.82) is 0 Å². The molecule has 0 saturated carbocycles. The molecule has 0 radical (unpaired) electrons. The van der Waals surface area contributed by atoms with E-state index in [0.717, 1.165) is 17.0 Å². The first-order valence-corrected chi connectivity index (χ1v) is 7.82. The molecule has 1 N–H and O–H groups in total. The van der Waals surface area contributed by atoms with E-state index in [2.05, 4.69) is 10.1 Å². The minimum absolute atomic E-state index is 0.202. The van der Waals surface area contributed by atoms with Crippen LogP contribution in [0.1, 0.15) is 27.3 Å². The van der Waals surface area contributed by atoms with Crippen LogP contribution in [0.25, 0.3) is 5.65 Å². The maximum Gasteiger partial charge on any atom is 0.323 e. The minimum atomic E-state index is -1.07. The third kappa shape index (κ3) is 3.50. The Morgan fingerprint density at radius 3 is 2.60 bits per heavy atom. The minimum Gasteiger partial charge on any atom is -0.480 e. The summed E-state index contributed by atoms with van der Waals surface area (Å²) in [6, 6.07) is 11.1. The number of aromatic nitrogens is 3. The third-order valence-electron chi connectivity index (χ3n) is 3.84. The van der Waals surface area contributed by atoms with E-state index in [-0.39, 0.29) is 6.54 Å². The molecule has 0 saturated heterocycles. The fourth-order valence-corrected chi connectivity index (χ4v) is 2.76. The maximum atomic E-state index is 13.0. The second-order valence-corrected chi connectivity index (χ2v) is 5.87. The largest absolute Gasteiger partial charge is 0.480 e. The van der Waals surface area contributed by atoms with Gasteiger partial charge in [-0.2, -0.15) is 5.10 Å². The van der Waals surface area contributed by atoms with E-state index in [9.17, 15) is 14.7 Å². The predicted molar refractivity (Wildman–Crippen MR) is 91.3 cm³/mol. The van der Waals surface area contributed by atoms with Gasteiger partial charge in [-0.3, -0.25) is 9.59 Å². The number of amides is 1. The zero-order valence-corrected chi connectivity index (χ0v) is 14.0. The molecule has 0 aliphatic rings. The Bertz CT molecular complexity index is 934. The molecule has 3 rings (SSSR count). The Morgan fingerprint density at radius 2 is 1.92 bits per heavy atom. The molecule has 0 fully saturated rings. The van der Waals surface area contributed by atoms with E-state index in [1.54, 1.807) is 4.52 Å². The smallest absolute Gasteiger partial charge is 0.323 e. The molecule has 0 spiro atoms. The first kappa shape index (κ1) is 16.6. The number of aliphatic carboxylic acids is 1. The monoisotopic (exact) mass is 338 g/mol. The number of rotatable bonds is 5. The van der Waals surface area contributed by atoms with Crippen molar-refractivity contribution >= 4 is 17.5 Å². The maximum absolute atomic E-state index is 13.0. The van der Waals surface area contributed by atoms with Crippen molar-refractivity contribution in [3.63, 3.8) is 0 Å². The predicted octanol–water partition coefficient (Wildman–Crippen LogP) is 2.07. The lowest BCUT2D eigenvalue weighted by Gasteiger charge is -2.20.